The van der Waals surface area contributed by atoms with Gasteiger partial charge in [-0.05, 0) is 42.0 Å². The minimum absolute atomic E-state index is 0.00215. The summed E-state index contributed by atoms with van der Waals surface area (Å²) in [4.78, 5) is 13.4. The summed E-state index contributed by atoms with van der Waals surface area (Å²) < 4.78 is 0. The van der Waals surface area contributed by atoms with Crippen molar-refractivity contribution >= 4 is 17.7 Å². The molecule has 0 unspecified atom stereocenters. The number of hydrogen-bond donors (Lipinski definition) is 1. The van der Waals surface area contributed by atoms with Gasteiger partial charge in [-0.2, -0.15) is 0 Å². The zero-order valence-electron chi connectivity index (χ0n) is 15.1. The van der Waals surface area contributed by atoms with Gasteiger partial charge < -0.3 is 5.32 Å². The maximum Gasteiger partial charge on any atom is 0.252 e. The van der Waals surface area contributed by atoms with E-state index < -0.39 is 0 Å². The molecule has 2 aromatic carbocycles. The molecule has 0 bridgehead atoms. The van der Waals surface area contributed by atoms with Crippen LogP contribution in [0.5, 0.6) is 0 Å². The lowest BCUT2D eigenvalue weighted by Gasteiger charge is -2.10. The third-order valence-electron chi connectivity index (χ3n) is 4.06. The van der Waals surface area contributed by atoms with Crippen LogP contribution in [0.3, 0.4) is 0 Å². The Morgan fingerprint density at radius 1 is 1.16 bits per heavy atom. The highest BCUT2D eigenvalue weighted by molar-refractivity contribution is 7.99. The molecule has 0 saturated heterocycles. The van der Waals surface area contributed by atoms with Gasteiger partial charge in [-0.3, -0.25) is 4.79 Å². The van der Waals surface area contributed by atoms with E-state index in [1.165, 1.54) is 11.1 Å². The van der Waals surface area contributed by atoms with Crippen LogP contribution in [0.15, 0.2) is 66.1 Å². The minimum atomic E-state index is 0.00215. The number of amides is 1. The van der Waals surface area contributed by atoms with Crippen LogP contribution >= 0.6 is 11.8 Å². The molecule has 25 heavy (non-hydrogen) atoms. The number of carbonyl (C=O) groups excluding carboxylic acids is 1. The molecule has 0 radical (unpaired) electrons. The van der Waals surface area contributed by atoms with Gasteiger partial charge in [0.05, 0.1) is 5.56 Å². The van der Waals surface area contributed by atoms with Crippen LogP contribution in [-0.2, 0) is 6.42 Å². The third kappa shape index (κ3) is 6.09. The van der Waals surface area contributed by atoms with E-state index in [2.05, 4.69) is 50.0 Å². The van der Waals surface area contributed by atoms with Crippen molar-refractivity contribution in [2.24, 2.45) is 0 Å². The lowest BCUT2D eigenvalue weighted by molar-refractivity contribution is 0.0950. The van der Waals surface area contributed by atoms with Crippen molar-refractivity contribution in [2.75, 3.05) is 12.3 Å². The fourth-order valence-electron chi connectivity index (χ4n) is 2.59. The molecular formula is C22H27NOS. The van der Waals surface area contributed by atoms with Crippen molar-refractivity contribution in [2.45, 2.75) is 37.5 Å². The van der Waals surface area contributed by atoms with Gasteiger partial charge in [0.15, 0.2) is 0 Å². The van der Waals surface area contributed by atoms with Gasteiger partial charge in [-0.25, -0.2) is 0 Å². The maximum atomic E-state index is 12.4. The summed E-state index contributed by atoms with van der Waals surface area (Å²) in [6.07, 6.45) is 3.77. The molecule has 132 valence electrons. The summed E-state index contributed by atoms with van der Waals surface area (Å²) in [5.74, 6) is 1.37. The van der Waals surface area contributed by atoms with Gasteiger partial charge in [0.2, 0.25) is 0 Å². The van der Waals surface area contributed by atoms with Crippen LogP contribution in [0.1, 0.15) is 47.7 Å². The summed E-state index contributed by atoms with van der Waals surface area (Å²) in [5.41, 5.74) is 3.43. The first-order chi connectivity index (χ1) is 12.1. The molecule has 2 rings (SSSR count). The fourth-order valence-corrected chi connectivity index (χ4v) is 3.38. The predicted octanol–water partition coefficient (Wildman–Crippen LogP) is 5.45. The average molecular weight is 354 g/mol. The number of aryl methyl sites for hydroxylation is 1. The first-order valence-corrected chi connectivity index (χ1v) is 9.80. The van der Waals surface area contributed by atoms with Crippen molar-refractivity contribution in [1.29, 1.82) is 0 Å². The number of carbonyl (C=O) groups is 1. The van der Waals surface area contributed by atoms with E-state index in [0.29, 0.717) is 12.5 Å². The van der Waals surface area contributed by atoms with Crippen LogP contribution in [-0.4, -0.2) is 18.2 Å². The molecule has 0 atom stereocenters. The number of rotatable bonds is 9. The van der Waals surface area contributed by atoms with Gasteiger partial charge in [0, 0.05) is 17.2 Å². The Bertz CT molecular complexity index is 691. The van der Waals surface area contributed by atoms with Crippen molar-refractivity contribution in [1.82, 2.24) is 5.32 Å². The molecule has 2 nitrogen and oxygen atoms in total. The lowest BCUT2D eigenvalue weighted by Crippen LogP contribution is -2.25. The van der Waals surface area contributed by atoms with Crippen molar-refractivity contribution in [3.8, 4) is 0 Å². The van der Waals surface area contributed by atoms with E-state index >= 15 is 0 Å². The van der Waals surface area contributed by atoms with Crippen LogP contribution in [0, 0.1) is 0 Å². The van der Waals surface area contributed by atoms with Crippen LogP contribution in [0.4, 0.5) is 0 Å². The topological polar surface area (TPSA) is 29.1 Å². The van der Waals surface area contributed by atoms with E-state index in [0.717, 1.165) is 29.1 Å². The summed E-state index contributed by atoms with van der Waals surface area (Å²) in [6.45, 7) is 8.83. The highest BCUT2D eigenvalue weighted by Gasteiger charge is 2.10. The molecule has 1 amide bonds. The second kappa shape index (κ2) is 10.1. The van der Waals surface area contributed by atoms with Gasteiger partial charge in [-0.1, -0.05) is 56.3 Å². The van der Waals surface area contributed by atoms with E-state index in [-0.39, 0.29) is 5.91 Å². The fraction of sp³-hybridized carbons (Fsp3) is 0.318. The van der Waals surface area contributed by atoms with Crippen molar-refractivity contribution in [3.63, 3.8) is 0 Å². The third-order valence-corrected chi connectivity index (χ3v) is 5.13. The predicted molar refractivity (Wildman–Crippen MR) is 109 cm³/mol. The first-order valence-electron chi connectivity index (χ1n) is 8.81. The zero-order chi connectivity index (χ0) is 18.1. The Hall–Kier alpha value is -2.00. The number of nitrogens with one attached hydrogen (secondary N) is 1. The van der Waals surface area contributed by atoms with Crippen LogP contribution in [0.25, 0.3) is 0 Å². The maximum absolute atomic E-state index is 12.4. The molecule has 0 spiro atoms. The smallest absolute Gasteiger partial charge is 0.252 e. The van der Waals surface area contributed by atoms with E-state index in [1.54, 1.807) is 11.8 Å². The monoisotopic (exact) mass is 353 g/mol. The molecule has 0 aliphatic heterocycles. The SMILES string of the molecule is C=CCSc1ccccc1C(=O)NCCCc1ccc(C(C)C)cc1. The molecule has 0 fully saturated rings. The summed E-state index contributed by atoms with van der Waals surface area (Å²) in [6, 6.07) is 16.5. The quantitative estimate of drug-likeness (QED) is 0.369. The van der Waals surface area contributed by atoms with E-state index in [9.17, 15) is 4.79 Å². The molecule has 0 aliphatic carbocycles. The molecule has 0 heterocycles. The Morgan fingerprint density at radius 3 is 2.56 bits per heavy atom. The van der Waals surface area contributed by atoms with Crippen LogP contribution < -0.4 is 5.32 Å². The molecule has 2 aromatic rings. The molecule has 0 aliphatic rings. The van der Waals surface area contributed by atoms with Gasteiger partial charge >= 0.3 is 0 Å². The lowest BCUT2D eigenvalue weighted by atomic mass is 10.0. The Labute approximate surface area is 155 Å². The Balaban J connectivity index is 1.81. The van der Waals surface area contributed by atoms with E-state index in [1.807, 2.05) is 30.3 Å². The number of hydrogen-bond acceptors (Lipinski definition) is 2. The molecule has 0 aromatic heterocycles. The molecule has 3 heteroatoms. The minimum Gasteiger partial charge on any atom is -0.352 e. The Kier molecular flexibility index (Phi) is 7.80. The second-order valence-electron chi connectivity index (χ2n) is 6.35. The first kappa shape index (κ1) is 19.3. The zero-order valence-corrected chi connectivity index (χ0v) is 15.9. The second-order valence-corrected chi connectivity index (χ2v) is 7.41. The standard InChI is InChI=1S/C22H27NOS/c1-4-16-25-21-10-6-5-9-20(21)22(24)23-15-7-8-18-11-13-19(14-12-18)17(2)3/h4-6,9-14,17H,1,7-8,15-16H2,2-3H3,(H,23,24). The summed E-state index contributed by atoms with van der Waals surface area (Å²) in [5, 5.41) is 3.04. The van der Waals surface area contributed by atoms with E-state index in [4.69, 9.17) is 0 Å². The largest absolute Gasteiger partial charge is 0.352 e. The molecule has 0 saturated carbocycles. The summed E-state index contributed by atoms with van der Waals surface area (Å²) >= 11 is 1.64. The highest BCUT2D eigenvalue weighted by atomic mass is 32.2. The van der Waals surface area contributed by atoms with Gasteiger partial charge in [0.1, 0.15) is 0 Å². The summed E-state index contributed by atoms with van der Waals surface area (Å²) in [7, 11) is 0. The van der Waals surface area contributed by atoms with Gasteiger partial charge in [-0.15, -0.1) is 18.3 Å². The number of benzene rings is 2. The Morgan fingerprint density at radius 2 is 1.88 bits per heavy atom. The van der Waals surface area contributed by atoms with Crippen molar-refractivity contribution in [3.05, 3.63) is 77.9 Å². The average Bonchev–Trinajstić information content (AvgIpc) is 2.64. The van der Waals surface area contributed by atoms with Crippen molar-refractivity contribution < 1.29 is 4.79 Å². The number of thioether (sulfide) groups is 1. The normalized spacial score (nSPS) is 10.7. The van der Waals surface area contributed by atoms with Gasteiger partial charge in [0.25, 0.3) is 5.91 Å². The van der Waals surface area contributed by atoms with Crippen LogP contribution in [0.2, 0.25) is 0 Å². The molecule has 1 N–H and O–H groups in total. The molecular weight excluding hydrogens is 326 g/mol. The highest BCUT2D eigenvalue weighted by Crippen LogP contribution is 2.22.